The molecule has 3 heteroatoms. The summed E-state index contributed by atoms with van der Waals surface area (Å²) in [5, 5.41) is 20.3. The molecule has 25 heavy (non-hydrogen) atoms. The number of benzene rings is 1. The number of phenols is 1. The average molecular weight is 361 g/mol. The van der Waals surface area contributed by atoms with E-state index in [1.54, 1.807) is 11.8 Å². The molecule has 0 unspecified atom stereocenters. The normalized spacial score (nSPS) is 13.9. The van der Waals surface area contributed by atoms with Crippen molar-refractivity contribution < 1.29 is 10.2 Å². The van der Waals surface area contributed by atoms with Crippen LogP contribution in [0.3, 0.4) is 0 Å². The zero-order chi connectivity index (χ0) is 19.6. The van der Waals surface area contributed by atoms with E-state index < -0.39 is 0 Å². The van der Waals surface area contributed by atoms with Crippen molar-refractivity contribution in [3.05, 3.63) is 58.2 Å². The van der Waals surface area contributed by atoms with Gasteiger partial charge in [0.15, 0.2) is 0 Å². The highest BCUT2D eigenvalue weighted by Crippen LogP contribution is 2.40. The Balaban J connectivity index is 3.34. The molecule has 0 amide bonds. The van der Waals surface area contributed by atoms with E-state index in [0.717, 1.165) is 26.5 Å². The number of hydrogen-bond acceptors (Lipinski definition) is 3. The molecule has 138 valence electrons. The summed E-state index contributed by atoms with van der Waals surface area (Å²) < 4.78 is 0. The van der Waals surface area contributed by atoms with Crippen LogP contribution in [-0.4, -0.2) is 10.2 Å². The minimum Gasteiger partial charge on any atom is -0.508 e. The molecule has 0 spiro atoms. The molecule has 2 N–H and O–H groups in total. The van der Waals surface area contributed by atoms with Crippen molar-refractivity contribution in [1.82, 2.24) is 0 Å². The summed E-state index contributed by atoms with van der Waals surface area (Å²) in [6.45, 7) is 20.1. The quantitative estimate of drug-likeness (QED) is 0.344. The monoisotopic (exact) mass is 360 g/mol. The molecule has 0 saturated carbocycles. The third-order valence-corrected chi connectivity index (χ3v) is 5.27. The Hall–Kier alpha value is -1.61. The smallest absolute Gasteiger partial charge is 0.119 e. The lowest BCUT2D eigenvalue weighted by Gasteiger charge is -2.24. The Morgan fingerprint density at radius 1 is 1.12 bits per heavy atom. The van der Waals surface area contributed by atoms with Crippen molar-refractivity contribution >= 4 is 11.8 Å². The van der Waals surface area contributed by atoms with Gasteiger partial charge in [-0.1, -0.05) is 66.0 Å². The largest absolute Gasteiger partial charge is 0.508 e. The lowest BCUT2D eigenvalue weighted by atomic mass is 9.85. The van der Waals surface area contributed by atoms with Gasteiger partial charge in [-0.3, -0.25) is 0 Å². The van der Waals surface area contributed by atoms with Gasteiger partial charge >= 0.3 is 0 Å². The highest BCUT2D eigenvalue weighted by molar-refractivity contribution is 8.03. The topological polar surface area (TPSA) is 40.5 Å². The standard InChI is InChI=1S/C22H32O2S/c1-10-16(12-17(15(3)23)21(4,5)6)25-20-13-18(22(7,8)9)19(24)11-14(20)2/h10-13,23-24H,3H2,1-2,4-9H3/b16-10-,17-12+. The maximum atomic E-state index is 10.3. The van der Waals surface area contributed by atoms with Crippen molar-refractivity contribution in [3.63, 3.8) is 0 Å². The van der Waals surface area contributed by atoms with Crippen LogP contribution in [0, 0.1) is 12.3 Å². The number of phenolic OH excluding ortho intramolecular Hbond substituents is 1. The van der Waals surface area contributed by atoms with E-state index in [-0.39, 0.29) is 16.6 Å². The summed E-state index contributed by atoms with van der Waals surface area (Å²) in [6.07, 6.45) is 4.03. The molecule has 0 atom stereocenters. The average Bonchev–Trinajstić information content (AvgIpc) is 2.42. The summed E-state index contributed by atoms with van der Waals surface area (Å²) >= 11 is 1.64. The molecule has 0 radical (unpaired) electrons. The first-order valence-electron chi connectivity index (χ1n) is 8.56. The van der Waals surface area contributed by atoms with Crippen molar-refractivity contribution in [2.24, 2.45) is 5.41 Å². The summed E-state index contributed by atoms with van der Waals surface area (Å²) in [7, 11) is 0. The van der Waals surface area contributed by atoms with Gasteiger partial charge in [0, 0.05) is 15.4 Å². The van der Waals surface area contributed by atoms with Crippen LogP contribution in [0.15, 0.2) is 52.0 Å². The first kappa shape index (κ1) is 21.4. The zero-order valence-corrected chi connectivity index (χ0v) is 17.6. The molecule has 1 rings (SSSR count). The number of aromatic hydroxyl groups is 1. The molecule has 0 aromatic heterocycles. The Bertz CT molecular complexity index is 711. The van der Waals surface area contributed by atoms with Crippen molar-refractivity contribution in [2.75, 3.05) is 0 Å². The molecular formula is C22H32O2S. The fourth-order valence-electron chi connectivity index (χ4n) is 2.56. The van der Waals surface area contributed by atoms with E-state index in [9.17, 15) is 10.2 Å². The fourth-order valence-corrected chi connectivity index (χ4v) is 3.50. The first-order valence-corrected chi connectivity index (χ1v) is 9.37. The number of rotatable bonds is 4. The third-order valence-electron chi connectivity index (χ3n) is 4.02. The minimum atomic E-state index is -0.193. The highest BCUT2D eigenvalue weighted by atomic mass is 32.2. The van der Waals surface area contributed by atoms with Crippen molar-refractivity contribution in [2.45, 2.75) is 65.7 Å². The molecule has 2 nitrogen and oxygen atoms in total. The number of allylic oxidation sites excluding steroid dienone is 3. The summed E-state index contributed by atoms with van der Waals surface area (Å²) in [6, 6.07) is 3.90. The van der Waals surface area contributed by atoms with Gasteiger partial charge in [0.2, 0.25) is 0 Å². The van der Waals surface area contributed by atoms with E-state index in [0.29, 0.717) is 5.75 Å². The van der Waals surface area contributed by atoms with E-state index in [4.69, 9.17) is 0 Å². The van der Waals surface area contributed by atoms with Crippen LogP contribution in [0.25, 0.3) is 0 Å². The van der Waals surface area contributed by atoms with Crippen LogP contribution in [0.5, 0.6) is 5.75 Å². The van der Waals surface area contributed by atoms with Crippen LogP contribution < -0.4 is 0 Å². The van der Waals surface area contributed by atoms with Crippen LogP contribution in [0.1, 0.15) is 59.6 Å². The lowest BCUT2D eigenvalue weighted by molar-refractivity contribution is 0.381. The lowest BCUT2D eigenvalue weighted by Crippen LogP contribution is -2.12. The molecule has 0 fully saturated rings. The predicted octanol–water partition coefficient (Wildman–Crippen LogP) is 7.04. The van der Waals surface area contributed by atoms with E-state index in [2.05, 4.69) is 54.2 Å². The summed E-state index contributed by atoms with van der Waals surface area (Å²) in [4.78, 5) is 2.14. The van der Waals surface area contributed by atoms with Crippen molar-refractivity contribution in [3.8, 4) is 5.75 Å². The van der Waals surface area contributed by atoms with Gasteiger partial charge in [0.05, 0.1) is 0 Å². The van der Waals surface area contributed by atoms with Gasteiger partial charge in [-0.2, -0.15) is 0 Å². The molecular weight excluding hydrogens is 328 g/mol. The summed E-state index contributed by atoms with van der Waals surface area (Å²) in [5.41, 5.74) is 2.46. The molecule has 1 aromatic carbocycles. The number of thioether (sulfide) groups is 1. The zero-order valence-electron chi connectivity index (χ0n) is 16.8. The fraction of sp³-hybridized carbons (Fsp3) is 0.455. The van der Waals surface area contributed by atoms with Gasteiger partial charge in [-0.15, -0.1) is 0 Å². The molecule has 0 aliphatic rings. The maximum absolute atomic E-state index is 10.3. The molecule has 0 heterocycles. The number of aryl methyl sites for hydroxylation is 1. The van der Waals surface area contributed by atoms with Gasteiger partial charge in [0.1, 0.15) is 11.5 Å². The van der Waals surface area contributed by atoms with Crippen LogP contribution in [0.2, 0.25) is 0 Å². The Morgan fingerprint density at radius 3 is 2.08 bits per heavy atom. The second-order valence-corrected chi connectivity index (χ2v) is 9.55. The Labute approximate surface area is 157 Å². The maximum Gasteiger partial charge on any atom is 0.119 e. The SMILES string of the molecule is C=C(O)/C(=C\C(=C\C)Sc1cc(C(C)(C)C)c(O)cc1C)C(C)(C)C. The molecule has 0 saturated heterocycles. The molecule has 1 aromatic rings. The molecule has 0 bridgehead atoms. The van der Waals surface area contributed by atoms with Gasteiger partial charge in [-0.05, 0) is 54.0 Å². The van der Waals surface area contributed by atoms with Crippen molar-refractivity contribution in [1.29, 1.82) is 0 Å². The first-order chi connectivity index (χ1) is 11.3. The molecule has 0 aliphatic heterocycles. The Kier molecular flexibility index (Phi) is 6.63. The van der Waals surface area contributed by atoms with Gasteiger partial charge in [-0.25, -0.2) is 0 Å². The third kappa shape index (κ3) is 5.71. The van der Waals surface area contributed by atoms with Gasteiger partial charge in [0.25, 0.3) is 0 Å². The van der Waals surface area contributed by atoms with E-state index >= 15 is 0 Å². The number of aliphatic hydroxyl groups is 1. The number of hydrogen-bond donors (Lipinski definition) is 2. The predicted molar refractivity (Wildman–Crippen MR) is 110 cm³/mol. The van der Waals surface area contributed by atoms with E-state index in [1.165, 1.54) is 0 Å². The van der Waals surface area contributed by atoms with Crippen LogP contribution >= 0.6 is 11.8 Å². The van der Waals surface area contributed by atoms with E-state index in [1.807, 2.05) is 32.1 Å². The van der Waals surface area contributed by atoms with Crippen LogP contribution in [-0.2, 0) is 5.41 Å². The second-order valence-electron chi connectivity index (χ2n) is 8.43. The van der Waals surface area contributed by atoms with Gasteiger partial charge < -0.3 is 10.2 Å². The van der Waals surface area contributed by atoms with Crippen LogP contribution in [0.4, 0.5) is 0 Å². The molecule has 0 aliphatic carbocycles. The minimum absolute atomic E-state index is 0.102. The number of aliphatic hydroxyl groups excluding tert-OH is 1. The second kappa shape index (κ2) is 7.74. The highest BCUT2D eigenvalue weighted by Gasteiger charge is 2.22. The summed E-state index contributed by atoms with van der Waals surface area (Å²) in [5.74, 6) is 0.441. The Morgan fingerprint density at radius 2 is 1.68 bits per heavy atom.